The van der Waals surface area contributed by atoms with E-state index in [1.807, 2.05) is 0 Å². The van der Waals surface area contributed by atoms with Crippen molar-refractivity contribution in [1.82, 2.24) is 0 Å². The Labute approximate surface area is 271 Å². The Kier molecular flexibility index (Phi) is 5890. The van der Waals surface area contributed by atoms with Crippen molar-refractivity contribution in [3.63, 3.8) is 0 Å². The summed E-state index contributed by atoms with van der Waals surface area (Å²) in [5.74, 6) is 0. The van der Waals surface area contributed by atoms with Gasteiger partial charge in [0.25, 0.3) is 0 Å². The zero-order valence-electron chi connectivity index (χ0n) is 7.90. The Morgan fingerprint density at radius 3 is 0.158 bits per heavy atom. The first kappa shape index (κ1) is 356. The van der Waals surface area contributed by atoms with Crippen molar-refractivity contribution >= 4 is 0 Å². The molecule has 0 rings (SSSR count). The molecule has 156 valence electrons. The van der Waals surface area contributed by atoms with Crippen LogP contribution in [0.25, 0.3) is 0 Å². The third-order valence-corrected chi connectivity index (χ3v) is 0. The van der Waals surface area contributed by atoms with Crippen LogP contribution in [0.4, 0.5) is 0 Å². The van der Waals surface area contributed by atoms with E-state index in [9.17, 15) is 0 Å². The standard InChI is InChI=1S/4Lu.12H2O.3Ti/h;;;;12*1H2;;;/q4*+3;;;;;;;;;;;;;;;/p-12. The summed E-state index contributed by atoms with van der Waals surface area (Å²) in [6.07, 6.45) is 0. The minimum absolute atomic E-state index is 0. The summed E-state index contributed by atoms with van der Waals surface area (Å²) in [6, 6.07) is 0. The van der Waals surface area contributed by atoms with Gasteiger partial charge in [0.2, 0.25) is 0 Å². The molecule has 0 bridgehead atoms. The Balaban J connectivity index is 0. The molecule has 0 spiro atoms. The molecule has 0 aliphatic heterocycles. The predicted octanol–water partition coefficient (Wildman–Crippen LogP) is -2.13. The van der Waals surface area contributed by atoms with Crippen molar-refractivity contribution < 1.29 is 278 Å². The maximum atomic E-state index is 0. The summed E-state index contributed by atoms with van der Waals surface area (Å²) >= 11 is 0. The summed E-state index contributed by atoms with van der Waals surface area (Å²) in [4.78, 5) is 0. The van der Waals surface area contributed by atoms with E-state index in [0.29, 0.717) is 0 Å². The van der Waals surface area contributed by atoms with E-state index in [4.69, 9.17) is 0 Å². The maximum absolute atomic E-state index is 0. The largest absolute Gasteiger partial charge is 3.00 e. The van der Waals surface area contributed by atoms with Gasteiger partial charge in [0.1, 0.15) is 0 Å². The van der Waals surface area contributed by atoms with E-state index in [0.717, 1.165) is 0 Å². The molecule has 0 saturated heterocycles. The molecule has 0 aliphatic rings. The average molecular weight is 1050 g/mol. The SMILES string of the molecule is [Lu+3].[Lu+3].[Lu+3].[Lu+3].[OH-].[OH-].[OH-].[OH-].[OH-].[OH-].[OH-].[OH-].[OH-].[OH-].[OH-].[OH-].[Ti].[Ti].[Ti]. The van der Waals surface area contributed by atoms with Crippen LogP contribution in [0.5, 0.6) is 0 Å². The molecule has 0 aromatic rings. The van der Waals surface area contributed by atoms with Gasteiger partial charge in [-0.05, 0) is 0 Å². The molecule has 0 radical (unpaired) electrons. The first-order valence-electron chi connectivity index (χ1n) is 0. The van der Waals surface area contributed by atoms with Gasteiger partial charge >= 0.3 is 147 Å². The molecule has 0 aromatic carbocycles. The molecule has 0 unspecified atom stereocenters. The molecule has 0 amide bonds. The molecule has 12 nitrogen and oxygen atoms in total. The topological polar surface area (TPSA) is 360 Å². The van der Waals surface area contributed by atoms with Gasteiger partial charge in [-0.2, -0.15) is 0 Å². The fraction of sp³-hybridized carbons (Fsp3) is 0. The van der Waals surface area contributed by atoms with E-state index in [1.54, 1.807) is 0 Å². The van der Waals surface area contributed by atoms with Crippen molar-refractivity contribution in [2.75, 3.05) is 0 Å². The molecule has 0 aromatic heterocycles. The van der Waals surface area contributed by atoms with E-state index >= 15 is 0 Å². The number of hydrogen-bond donors (Lipinski definition) is 0. The normalized spacial score (nSPS) is 0. The van der Waals surface area contributed by atoms with Crippen LogP contribution in [0.2, 0.25) is 0 Å². The third-order valence-electron chi connectivity index (χ3n) is 0. The smallest absolute Gasteiger partial charge is 0.870 e. The maximum Gasteiger partial charge on any atom is 3.00 e. The zero-order chi connectivity index (χ0) is 0. The van der Waals surface area contributed by atoms with Crippen LogP contribution in [0.15, 0.2) is 0 Å². The Morgan fingerprint density at radius 1 is 0.158 bits per heavy atom. The first-order chi connectivity index (χ1) is 0. The van der Waals surface area contributed by atoms with Crippen molar-refractivity contribution in [1.29, 1.82) is 0 Å². The van der Waals surface area contributed by atoms with Gasteiger partial charge in [0, 0.05) is 65.2 Å². The molecule has 0 aliphatic carbocycles. The summed E-state index contributed by atoms with van der Waals surface area (Å²) in [5.41, 5.74) is 0. The van der Waals surface area contributed by atoms with Crippen LogP contribution in [0.1, 0.15) is 0 Å². The van der Waals surface area contributed by atoms with E-state index in [2.05, 4.69) is 0 Å². The van der Waals surface area contributed by atoms with E-state index in [1.165, 1.54) is 0 Å². The molecule has 0 saturated carbocycles. The minimum atomic E-state index is 0. The molecule has 0 heterocycles. The first-order valence-corrected chi connectivity index (χ1v) is 0. The minimum Gasteiger partial charge on any atom is -0.870 e. The predicted molar refractivity (Wildman–Crippen MR) is 23.2 cm³/mol. The van der Waals surface area contributed by atoms with Gasteiger partial charge in [-0.3, -0.25) is 0 Å². The zero-order valence-corrected chi connectivity index (χ0v) is 19.2. The van der Waals surface area contributed by atoms with Gasteiger partial charge in [-0.1, -0.05) is 0 Å². The monoisotopic (exact) mass is 1050 g/mol. The van der Waals surface area contributed by atoms with Crippen LogP contribution in [0, 0.1) is 147 Å². The molecular formula is H12Lu4O12Ti3. The molecule has 0 fully saturated rings. The van der Waals surface area contributed by atoms with Crippen LogP contribution in [-0.4, -0.2) is 65.7 Å². The fourth-order valence-corrected chi connectivity index (χ4v) is 0. The van der Waals surface area contributed by atoms with Gasteiger partial charge in [0.15, 0.2) is 0 Å². The Morgan fingerprint density at radius 2 is 0.158 bits per heavy atom. The molecule has 12 N–H and O–H groups in total. The quantitative estimate of drug-likeness (QED) is 0.235. The van der Waals surface area contributed by atoms with Crippen molar-refractivity contribution in [2.45, 2.75) is 0 Å². The van der Waals surface area contributed by atoms with Gasteiger partial charge in [-0.25, -0.2) is 0 Å². The Bertz CT molecular complexity index is 24.9. The van der Waals surface area contributed by atoms with Crippen LogP contribution < -0.4 is 0 Å². The van der Waals surface area contributed by atoms with E-state index in [-0.39, 0.29) is 278 Å². The third kappa shape index (κ3) is 289. The average Bonchev–Trinajstić information content (AvgIpc) is 0. The van der Waals surface area contributed by atoms with Crippen molar-refractivity contribution in [3.05, 3.63) is 0 Å². The molecule has 0 atom stereocenters. The molecular weight excluding hydrogens is 1040 g/mol. The Hall–Kier alpha value is 6.60. The van der Waals surface area contributed by atoms with Crippen LogP contribution >= 0.6 is 0 Å². The second-order valence-corrected chi connectivity index (χ2v) is 0. The van der Waals surface area contributed by atoms with Gasteiger partial charge in [0.05, 0.1) is 0 Å². The second-order valence-electron chi connectivity index (χ2n) is 0. The fourth-order valence-electron chi connectivity index (χ4n) is 0. The number of hydrogen-bond acceptors (Lipinski definition) is 12. The van der Waals surface area contributed by atoms with Crippen LogP contribution in [-0.2, 0) is 65.2 Å². The summed E-state index contributed by atoms with van der Waals surface area (Å²) < 4.78 is 0. The molecule has 19 heavy (non-hydrogen) atoms. The summed E-state index contributed by atoms with van der Waals surface area (Å²) in [7, 11) is 0. The van der Waals surface area contributed by atoms with Gasteiger partial charge < -0.3 is 65.7 Å². The molecule has 19 heteroatoms. The second kappa shape index (κ2) is 315. The van der Waals surface area contributed by atoms with Crippen molar-refractivity contribution in [2.24, 2.45) is 0 Å². The van der Waals surface area contributed by atoms with Gasteiger partial charge in [-0.15, -0.1) is 0 Å². The summed E-state index contributed by atoms with van der Waals surface area (Å²) in [6.45, 7) is 0. The van der Waals surface area contributed by atoms with Crippen molar-refractivity contribution in [3.8, 4) is 0 Å². The van der Waals surface area contributed by atoms with Crippen LogP contribution in [0.3, 0.4) is 0 Å². The number of rotatable bonds is 0. The van der Waals surface area contributed by atoms with E-state index < -0.39 is 0 Å². The summed E-state index contributed by atoms with van der Waals surface area (Å²) in [5, 5.41) is 0.